The van der Waals surface area contributed by atoms with E-state index in [1.54, 1.807) is 0 Å². The first-order chi connectivity index (χ1) is 4.88. The standard InChI is InChI=1S/C8H8FN/c9-8-7-4-2-1-3-6(7)5-10-8/h1-4,8,10H,5H2. The molecule has 1 N–H and O–H groups in total. The van der Waals surface area contributed by atoms with Crippen molar-refractivity contribution in [3.63, 3.8) is 0 Å². The minimum absolute atomic E-state index is 0.664. The molecule has 1 aliphatic rings. The maximum Gasteiger partial charge on any atom is 0.177 e. The van der Waals surface area contributed by atoms with Crippen LogP contribution in [0.2, 0.25) is 0 Å². The lowest BCUT2D eigenvalue weighted by molar-refractivity contribution is 0.301. The van der Waals surface area contributed by atoms with Crippen LogP contribution in [0, 0.1) is 0 Å². The van der Waals surface area contributed by atoms with Crippen molar-refractivity contribution in [1.29, 1.82) is 0 Å². The Morgan fingerprint density at radius 3 is 3.00 bits per heavy atom. The number of nitrogens with one attached hydrogen (secondary N) is 1. The third-order valence-electron chi connectivity index (χ3n) is 1.80. The molecule has 0 spiro atoms. The van der Waals surface area contributed by atoms with Crippen molar-refractivity contribution in [2.75, 3.05) is 0 Å². The van der Waals surface area contributed by atoms with Crippen LogP contribution in [-0.2, 0) is 6.54 Å². The lowest BCUT2D eigenvalue weighted by Crippen LogP contribution is -2.05. The Kier molecular flexibility index (Phi) is 1.21. The van der Waals surface area contributed by atoms with Crippen molar-refractivity contribution in [2.24, 2.45) is 0 Å². The first kappa shape index (κ1) is 5.86. The highest BCUT2D eigenvalue weighted by Crippen LogP contribution is 2.24. The Balaban J connectivity index is 2.51. The minimum Gasteiger partial charge on any atom is -0.280 e. The normalized spacial score (nSPS) is 22.7. The van der Waals surface area contributed by atoms with Gasteiger partial charge < -0.3 is 0 Å². The Hall–Kier alpha value is -0.890. The van der Waals surface area contributed by atoms with Crippen LogP contribution in [0.3, 0.4) is 0 Å². The van der Waals surface area contributed by atoms with Gasteiger partial charge in [-0.2, -0.15) is 0 Å². The third kappa shape index (κ3) is 0.727. The van der Waals surface area contributed by atoms with Crippen LogP contribution < -0.4 is 5.32 Å². The van der Waals surface area contributed by atoms with Crippen molar-refractivity contribution < 1.29 is 4.39 Å². The molecule has 10 heavy (non-hydrogen) atoms. The molecule has 1 aromatic rings. The third-order valence-corrected chi connectivity index (χ3v) is 1.80. The number of benzene rings is 1. The SMILES string of the molecule is FC1NCc2ccccc21. The molecule has 0 radical (unpaired) electrons. The molecular formula is C8H8FN. The van der Waals surface area contributed by atoms with Gasteiger partial charge in [0.25, 0.3) is 0 Å². The maximum atomic E-state index is 12.8. The molecule has 2 heteroatoms. The highest BCUT2D eigenvalue weighted by Gasteiger charge is 2.19. The van der Waals surface area contributed by atoms with E-state index in [1.165, 1.54) is 0 Å². The predicted molar refractivity (Wildman–Crippen MR) is 37.1 cm³/mol. The number of alkyl halides is 1. The molecule has 1 atom stereocenters. The molecule has 1 heterocycles. The van der Waals surface area contributed by atoms with E-state index in [0.717, 1.165) is 11.1 Å². The minimum atomic E-state index is -0.948. The van der Waals surface area contributed by atoms with Gasteiger partial charge >= 0.3 is 0 Å². The smallest absolute Gasteiger partial charge is 0.177 e. The average Bonchev–Trinajstić information content (AvgIpc) is 2.34. The molecule has 0 amide bonds. The zero-order valence-electron chi connectivity index (χ0n) is 5.47. The molecule has 0 bridgehead atoms. The van der Waals surface area contributed by atoms with Crippen molar-refractivity contribution in [3.8, 4) is 0 Å². The molecule has 0 aromatic heterocycles. The highest BCUT2D eigenvalue weighted by atomic mass is 19.1. The van der Waals surface area contributed by atoms with Crippen LogP contribution in [0.15, 0.2) is 24.3 Å². The molecule has 1 nitrogen and oxygen atoms in total. The number of rotatable bonds is 0. The topological polar surface area (TPSA) is 12.0 Å². The van der Waals surface area contributed by atoms with Crippen LogP contribution in [0.25, 0.3) is 0 Å². The van der Waals surface area contributed by atoms with Crippen molar-refractivity contribution >= 4 is 0 Å². The Bertz CT molecular complexity index is 247. The summed E-state index contributed by atoms with van der Waals surface area (Å²) in [6, 6.07) is 7.55. The fourth-order valence-electron chi connectivity index (χ4n) is 1.25. The summed E-state index contributed by atoms with van der Waals surface area (Å²) in [5, 5.41) is 2.72. The van der Waals surface area contributed by atoms with E-state index in [-0.39, 0.29) is 0 Å². The molecule has 1 aromatic carbocycles. The zero-order valence-corrected chi connectivity index (χ0v) is 5.47. The summed E-state index contributed by atoms with van der Waals surface area (Å²) >= 11 is 0. The first-order valence-electron chi connectivity index (χ1n) is 3.33. The lowest BCUT2D eigenvalue weighted by atomic mass is 10.1. The number of fused-ring (bicyclic) bond motifs is 1. The van der Waals surface area contributed by atoms with Crippen LogP contribution in [0.1, 0.15) is 17.4 Å². The second-order valence-electron chi connectivity index (χ2n) is 2.44. The van der Waals surface area contributed by atoms with Gasteiger partial charge in [-0.15, -0.1) is 0 Å². The second kappa shape index (κ2) is 2.06. The lowest BCUT2D eigenvalue weighted by Gasteiger charge is -1.97. The zero-order chi connectivity index (χ0) is 6.97. The molecule has 0 saturated heterocycles. The van der Waals surface area contributed by atoms with Gasteiger partial charge in [-0.3, -0.25) is 5.32 Å². The van der Waals surface area contributed by atoms with E-state index in [9.17, 15) is 4.39 Å². The molecule has 1 aliphatic heterocycles. The van der Waals surface area contributed by atoms with Crippen LogP contribution >= 0.6 is 0 Å². The summed E-state index contributed by atoms with van der Waals surface area (Å²) in [5.74, 6) is 0. The maximum absolute atomic E-state index is 12.8. The Morgan fingerprint density at radius 2 is 2.20 bits per heavy atom. The van der Waals surface area contributed by atoms with Gasteiger partial charge in [-0.25, -0.2) is 4.39 Å². The summed E-state index contributed by atoms with van der Waals surface area (Å²) in [5.41, 5.74) is 1.87. The van der Waals surface area contributed by atoms with Gasteiger partial charge in [0.05, 0.1) is 0 Å². The Labute approximate surface area is 58.9 Å². The van der Waals surface area contributed by atoms with E-state index < -0.39 is 6.30 Å². The summed E-state index contributed by atoms with van der Waals surface area (Å²) < 4.78 is 12.8. The van der Waals surface area contributed by atoms with E-state index >= 15 is 0 Å². The van der Waals surface area contributed by atoms with Crippen molar-refractivity contribution in [3.05, 3.63) is 35.4 Å². The van der Waals surface area contributed by atoms with E-state index in [4.69, 9.17) is 0 Å². The first-order valence-corrected chi connectivity index (χ1v) is 3.33. The molecule has 0 saturated carbocycles. The second-order valence-corrected chi connectivity index (χ2v) is 2.44. The Morgan fingerprint density at radius 1 is 1.40 bits per heavy atom. The molecule has 52 valence electrons. The summed E-state index contributed by atoms with van der Waals surface area (Å²) in [6.45, 7) is 0.664. The highest BCUT2D eigenvalue weighted by molar-refractivity contribution is 5.31. The molecule has 2 rings (SSSR count). The molecular weight excluding hydrogens is 129 g/mol. The summed E-state index contributed by atoms with van der Waals surface area (Å²) in [7, 11) is 0. The van der Waals surface area contributed by atoms with Gasteiger partial charge in [0.2, 0.25) is 0 Å². The predicted octanol–water partition coefficient (Wildman–Crippen LogP) is 1.76. The number of halogens is 1. The van der Waals surface area contributed by atoms with Crippen LogP contribution in [-0.4, -0.2) is 0 Å². The van der Waals surface area contributed by atoms with Gasteiger partial charge in [0, 0.05) is 12.1 Å². The van der Waals surface area contributed by atoms with Gasteiger partial charge in [0.1, 0.15) is 0 Å². The molecule has 0 aliphatic carbocycles. The van der Waals surface area contributed by atoms with Crippen molar-refractivity contribution in [1.82, 2.24) is 5.32 Å². The largest absolute Gasteiger partial charge is 0.280 e. The number of hydrogen-bond acceptors (Lipinski definition) is 1. The van der Waals surface area contributed by atoms with Gasteiger partial charge in [-0.1, -0.05) is 24.3 Å². The number of hydrogen-bond donors (Lipinski definition) is 1. The van der Waals surface area contributed by atoms with Crippen LogP contribution in [0.5, 0.6) is 0 Å². The fourth-order valence-corrected chi connectivity index (χ4v) is 1.25. The van der Waals surface area contributed by atoms with E-state index in [1.807, 2.05) is 24.3 Å². The van der Waals surface area contributed by atoms with E-state index in [0.29, 0.717) is 6.54 Å². The van der Waals surface area contributed by atoms with E-state index in [2.05, 4.69) is 5.32 Å². The summed E-state index contributed by atoms with van der Waals surface area (Å²) in [6.07, 6.45) is -0.948. The quantitative estimate of drug-likeness (QED) is 0.537. The fraction of sp³-hybridized carbons (Fsp3) is 0.250. The monoisotopic (exact) mass is 137 g/mol. The van der Waals surface area contributed by atoms with Gasteiger partial charge in [0.15, 0.2) is 6.30 Å². The molecule has 1 unspecified atom stereocenters. The molecule has 0 fully saturated rings. The summed E-state index contributed by atoms with van der Waals surface area (Å²) in [4.78, 5) is 0. The average molecular weight is 137 g/mol. The van der Waals surface area contributed by atoms with Gasteiger partial charge in [-0.05, 0) is 5.56 Å². The van der Waals surface area contributed by atoms with Crippen molar-refractivity contribution in [2.45, 2.75) is 12.8 Å². The van der Waals surface area contributed by atoms with Crippen LogP contribution in [0.4, 0.5) is 4.39 Å².